The normalized spacial score (nSPS) is 17.3. The molecule has 164 valence electrons. The van der Waals surface area contributed by atoms with Gasteiger partial charge in [0.1, 0.15) is 12.4 Å². The number of carbonyl (C=O) groups is 2. The molecule has 3 rings (SSSR count). The lowest BCUT2D eigenvalue weighted by molar-refractivity contribution is -0.144. The predicted octanol–water partition coefficient (Wildman–Crippen LogP) is 3.55. The van der Waals surface area contributed by atoms with Crippen LogP contribution in [0.1, 0.15) is 29.9 Å². The number of benzene rings is 2. The Bertz CT molecular complexity index is 929. The van der Waals surface area contributed by atoms with Crippen molar-refractivity contribution in [2.75, 3.05) is 13.2 Å². The molecule has 0 fully saturated rings. The number of Topliss-reactive ketones (excluding diaryl/α,β-unsaturated/α-hetero) is 1. The topological polar surface area (TPSA) is 102 Å². The van der Waals surface area contributed by atoms with Gasteiger partial charge >= 0.3 is 5.97 Å². The Balaban J connectivity index is 0.00000341. The molecule has 0 aromatic heterocycles. The minimum Gasteiger partial charge on any atom is -0.511 e. The van der Waals surface area contributed by atoms with Crippen LogP contribution in [0.25, 0.3) is 0 Å². The maximum absolute atomic E-state index is 12.7. The summed E-state index contributed by atoms with van der Waals surface area (Å²) in [7, 11) is 0. The number of hydrogen-bond acceptors (Lipinski definition) is 6. The molecule has 0 amide bonds. The average Bonchev–Trinajstić information content (AvgIpc) is 2.77. The largest absolute Gasteiger partial charge is 0.511 e. The van der Waals surface area contributed by atoms with Gasteiger partial charge in [-0.3, -0.25) is 9.79 Å². The summed E-state index contributed by atoms with van der Waals surface area (Å²) in [4.78, 5) is 29.4. The van der Waals surface area contributed by atoms with Crippen LogP contribution in [-0.4, -0.2) is 42.3 Å². The van der Waals surface area contributed by atoms with Crippen molar-refractivity contribution in [1.82, 2.24) is 0 Å². The Morgan fingerprint density at radius 3 is 2.39 bits per heavy atom. The van der Waals surface area contributed by atoms with Crippen LogP contribution in [0.4, 0.5) is 0 Å². The predicted molar refractivity (Wildman–Crippen MR) is 123 cm³/mol. The second-order valence-corrected chi connectivity index (χ2v) is 7.24. The molecule has 1 aliphatic rings. The number of aliphatic hydroxyl groups excluding tert-OH is 1. The van der Waals surface area contributed by atoms with Crippen molar-refractivity contribution in [1.29, 1.82) is 0 Å². The van der Waals surface area contributed by atoms with Crippen LogP contribution in [0.2, 0.25) is 0 Å². The molecule has 0 spiro atoms. The third-order valence-corrected chi connectivity index (χ3v) is 5.04. The summed E-state index contributed by atoms with van der Waals surface area (Å²) in [6.07, 6.45) is 2.29. The number of aliphatic hydroxyl groups is 1. The van der Waals surface area contributed by atoms with E-state index < -0.39 is 12.0 Å². The van der Waals surface area contributed by atoms with Crippen molar-refractivity contribution in [3.8, 4) is 0 Å². The monoisotopic (exact) mass is 442 g/mol. The van der Waals surface area contributed by atoms with E-state index >= 15 is 0 Å². The smallest absolute Gasteiger partial charge is 0.331 e. The minimum atomic E-state index is -0.820. The van der Waals surface area contributed by atoms with Crippen LogP contribution >= 0.6 is 12.4 Å². The van der Waals surface area contributed by atoms with Crippen molar-refractivity contribution in [2.24, 2.45) is 10.7 Å². The SMILES string of the molecule is Cl.NCCOC(=O)[C@H](Cc1ccccc1)N=CC1=C(O)CC(c2ccccc2)CC1=O. The lowest BCUT2D eigenvalue weighted by Gasteiger charge is -2.22. The van der Waals surface area contributed by atoms with Crippen LogP contribution in [0.3, 0.4) is 0 Å². The molecule has 1 unspecified atom stereocenters. The fourth-order valence-electron chi connectivity index (χ4n) is 3.47. The summed E-state index contributed by atoms with van der Waals surface area (Å²) < 4.78 is 5.15. The van der Waals surface area contributed by atoms with Gasteiger partial charge in [0, 0.05) is 32.0 Å². The fourth-order valence-corrected chi connectivity index (χ4v) is 3.47. The van der Waals surface area contributed by atoms with E-state index in [0.717, 1.165) is 11.1 Å². The number of aliphatic imine (C=N–C) groups is 1. The molecular formula is C24H27ClN2O4. The second kappa shape index (κ2) is 12.0. The maximum Gasteiger partial charge on any atom is 0.331 e. The van der Waals surface area contributed by atoms with Crippen LogP contribution in [-0.2, 0) is 20.7 Å². The number of carbonyl (C=O) groups excluding carboxylic acids is 2. The van der Waals surface area contributed by atoms with Gasteiger partial charge in [-0.1, -0.05) is 60.7 Å². The van der Waals surface area contributed by atoms with Gasteiger partial charge in [-0.2, -0.15) is 0 Å². The molecule has 3 N–H and O–H groups in total. The first-order chi connectivity index (χ1) is 14.6. The number of rotatable bonds is 8. The zero-order valence-electron chi connectivity index (χ0n) is 17.1. The zero-order valence-corrected chi connectivity index (χ0v) is 18.0. The van der Waals surface area contributed by atoms with E-state index in [0.29, 0.717) is 12.8 Å². The van der Waals surface area contributed by atoms with E-state index in [4.69, 9.17) is 10.5 Å². The third-order valence-electron chi connectivity index (χ3n) is 5.04. The molecule has 0 bridgehead atoms. The minimum absolute atomic E-state index is 0. The zero-order chi connectivity index (χ0) is 21.3. The van der Waals surface area contributed by atoms with Crippen LogP contribution in [0.5, 0.6) is 0 Å². The molecule has 0 radical (unpaired) electrons. The molecule has 0 saturated heterocycles. The number of nitrogens with two attached hydrogens (primary N) is 1. The van der Waals surface area contributed by atoms with E-state index in [1.165, 1.54) is 6.21 Å². The van der Waals surface area contributed by atoms with Crippen molar-refractivity contribution in [3.63, 3.8) is 0 Å². The first kappa shape index (κ1) is 24.3. The number of ketones is 1. The van der Waals surface area contributed by atoms with Gasteiger partial charge in [0.15, 0.2) is 11.8 Å². The highest BCUT2D eigenvalue weighted by molar-refractivity contribution is 6.14. The highest BCUT2D eigenvalue weighted by atomic mass is 35.5. The van der Waals surface area contributed by atoms with Crippen molar-refractivity contribution < 1.29 is 19.4 Å². The summed E-state index contributed by atoms with van der Waals surface area (Å²) in [5.41, 5.74) is 7.51. The Labute approximate surface area is 188 Å². The maximum atomic E-state index is 12.7. The van der Waals surface area contributed by atoms with Gasteiger partial charge in [0.2, 0.25) is 0 Å². The molecule has 7 heteroatoms. The molecule has 0 aliphatic heterocycles. The molecule has 0 heterocycles. The van der Waals surface area contributed by atoms with Crippen LogP contribution in [0, 0.1) is 0 Å². The summed E-state index contributed by atoms with van der Waals surface area (Å²) in [6.45, 7) is 0.324. The first-order valence-corrected chi connectivity index (χ1v) is 10.0. The highest BCUT2D eigenvalue weighted by Crippen LogP contribution is 2.32. The van der Waals surface area contributed by atoms with E-state index in [1.54, 1.807) is 0 Å². The molecule has 2 atom stereocenters. The van der Waals surface area contributed by atoms with Crippen molar-refractivity contribution in [2.45, 2.75) is 31.2 Å². The molecule has 31 heavy (non-hydrogen) atoms. The molecule has 2 aromatic rings. The first-order valence-electron chi connectivity index (χ1n) is 10.0. The summed E-state index contributed by atoms with van der Waals surface area (Å²) >= 11 is 0. The molecule has 1 aliphatic carbocycles. The fraction of sp³-hybridized carbons (Fsp3) is 0.292. The lowest BCUT2D eigenvalue weighted by atomic mass is 9.83. The summed E-state index contributed by atoms with van der Waals surface area (Å²) in [5, 5.41) is 10.5. The van der Waals surface area contributed by atoms with Gasteiger partial charge in [0.05, 0.1) is 5.57 Å². The number of nitrogens with zero attached hydrogens (tertiary/aromatic N) is 1. The van der Waals surface area contributed by atoms with Gasteiger partial charge < -0.3 is 15.6 Å². The molecular weight excluding hydrogens is 416 g/mol. The Morgan fingerprint density at radius 2 is 1.77 bits per heavy atom. The van der Waals surface area contributed by atoms with Gasteiger partial charge in [-0.15, -0.1) is 12.4 Å². The van der Waals surface area contributed by atoms with E-state index in [-0.39, 0.29) is 55.0 Å². The Morgan fingerprint density at radius 1 is 1.13 bits per heavy atom. The van der Waals surface area contributed by atoms with Crippen LogP contribution in [0.15, 0.2) is 77.0 Å². The summed E-state index contributed by atoms with van der Waals surface area (Å²) in [5.74, 6) is -0.765. The third kappa shape index (κ3) is 6.77. The van der Waals surface area contributed by atoms with Crippen LogP contribution < -0.4 is 5.73 Å². The van der Waals surface area contributed by atoms with Crippen molar-refractivity contribution >= 4 is 30.4 Å². The Kier molecular flexibility index (Phi) is 9.43. The second-order valence-electron chi connectivity index (χ2n) is 7.24. The molecule has 2 aromatic carbocycles. The van der Waals surface area contributed by atoms with E-state index in [9.17, 15) is 14.7 Å². The van der Waals surface area contributed by atoms with Crippen molar-refractivity contribution in [3.05, 3.63) is 83.1 Å². The van der Waals surface area contributed by atoms with E-state index in [2.05, 4.69) is 4.99 Å². The molecule has 0 saturated carbocycles. The van der Waals surface area contributed by atoms with Gasteiger partial charge in [0.25, 0.3) is 0 Å². The standard InChI is InChI=1S/C24H26N2O4.ClH/c25-11-12-30-24(29)21(13-17-7-3-1-4-8-17)26-16-20-22(27)14-19(15-23(20)28)18-9-5-2-6-10-18;/h1-10,16,19,21,27H,11-15,25H2;1H/t19?,21-;/m0./s1. The Hall–Kier alpha value is -2.96. The highest BCUT2D eigenvalue weighted by Gasteiger charge is 2.28. The number of esters is 1. The quantitative estimate of drug-likeness (QED) is 0.480. The molecule has 6 nitrogen and oxygen atoms in total. The summed E-state index contributed by atoms with van der Waals surface area (Å²) in [6, 6.07) is 18.3. The number of ether oxygens (including phenoxy) is 1. The average molecular weight is 443 g/mol. The number of halogens is 1. The van der Waals surface area contributed by atoms with Gasteiger partial charge in [-0.25, -0.2) is 4.79 Å². The lowest BCUT2D eigenvalue weighted by Crippen LogP contribution is -2.27. The van der Waals surface area contributed by atoms with Gasteiger partial charge in [-0.05, 0) is 17.0 Å². The number of hydrogen-bond donors (Lipinski definition) is 2. The number of allylic oxidation sites excluding steroid dienone is 2. The van der Waals surface area contributed by atoms with E-state index in [1.807, 2.05) is 60.7 Å².